The molecule has 26 heavy (non-hydrogen) atoms. The van der Waals surface area contributed by atoms with Gasteiger partial charge in [0.2, 0.25) is 5.91 Å². The van der Waals surface area contributed by atoms with Gasteiger partial charge in [-0.15, -0.1) is 0 Å². The Kier molecular flexibility index (Phi) is 5.46. The maximum Gasteiger partial charge on any atom is 0.228 e. The van der Waals surface area contributed by atoms with Crippen molar-refractivity contribution in [1.82, 2.24) is 10.1 Å². The molecule has 0 spiro atoms. The first kappa shape index (κ1) is 18.3. The maximum atomic E-state index is 12.5. The molecule has 7 nitrogen and oxygen atoms in total. The molecular weight excluding hydrogens is 336 g/mol. The van der Waals surface area contributed by atoms with E-state index < -0.39 is 0 Å². The van der Waals surface area contributed by atoms with Crippen LogP contribution in [0.25, 0.3) is 11.3 Å². The summed E-state index contributed by atoms with van der Waals surface area (Å²) in [6.07, 6.45) is 0.292. The molecule has 1 amide bonds. The van der Waals surface area contributed by atoms with Gasteiger partial charge in [-0.05, 0) is 32.0 Å². The summed E-state index contributed by atoms with van der Waals surface area (Å²) in [5.74, 6) is 1.86. The topological polar surface area (TPSA) is 74.0 Å². The number of ether oxygens (including phenoxy) is 3. The lowest BCUT2D eigenvalue weighted by molar-refractivity contribution is -0.142. The molecule has 1 fully saturated rings. The Hall–Kier alpha value is -2.54. The van der Waals surface area contributed by atoms with Crippen molar-refractivity contribution in [3.63, 3.8) is 0 Å². The normalized spacial score (nSPS) is 20.1. The Labute approximate surface area is 152 Å². The zero-order valence-corrected chi connectivity index (χ0v) is 15.5. The molecule has 2 atom stereocenters. The zero-order valence-electron chi connectivity index (χ0n) is 15.5. The SMILES string of the molecule is COc1ccc(-c2cc(CC(=O)N3CC(C)OC(C)C3)no2)cc1OC. The van der Waals surface area contributed by atoms with Crippen molar-refractivity contribution in [3.8, 4) is 22.8 Å². The van der Waals surface area contributed by atoms with E-state index in [-0.39, 0.29) is 24.5 Å². The Bertz CT molecular complexity index is 763. The number of carbonyl (C=O) groups is 1. The summed E-state index contributed by atoms with van der Waals surface area (Å²) in [6.45, 7) is 5.15. The molecule has 0 bridgehead atoms. The van der Waals surface area contributed by atoms with Crippen molar-refractivity contribution in [2.45, 2.75) is 32.5 Å². The lowest BCUT2D eigenvalue weighted by atomic mass is 10.1. The summed E-state index contributed by atoms with van der Waals surface area (Å²) in [5.41, 5.74) is 1.41. The highest BCUT2D eigenvalue weighted by atomic mass is 16.5. The Morgan fingerprint density at radius 3 is 2.50 bits per heavy atom. The van der Waals surface area contributed by atoms with Crippen molar-refractivity contribution >= 4 is 5.91 Å². The van der Waals surface area contributed by atoms with Crippen LogP contribution in [0.1, 0.15) is 19.5 Å². The van der Waals surface area contributed by atoms with Crippen molar-refractivity contribution in [1.29, 1.82) is 0 Å². The first-order chi connectivity index (χ1) is 12.5. The molecule has 1 saturated heterocycles. The maximum absolute atomic E-state index is 12.5. The van der Waals surface area contributed by atoms with Gasteiger partial charge < -0.3 is 23.6 Å². The number of aromatic nitrogens is 1. The summed E-state index contributed by atoms with van der Waals surface area (Å²) in [6, 6.07) is 7.26. The quantitative estimate of drug-likeness (QED) is 0.816. The van der Waals surface area contributed by atoms with Gasteiger partial charge in [-0.1, -0.05) is 5.16 Å². The van der Waals surface area contributed by atoms with Crippen LogP contribution in [0.3, 0.4) is 0 Å². The molecule has 0 aliphatic carbocycles. The molecule has 2 heterocycles. The number of benzene rings is 1. The molecule has 1 aromatic carbocycles. The van der Waals surface area contributed by atoms with Crippen LogP contribution < -0.4 is 9.47 Å². The van der Waals surface area contributed by atoms with E-state index in [1.807, 2.05) is 30.9 Å². The second-order valence-electron chi connectivity index (χ2n) is 6.49. The molecule has 1 aromatic heterocycles. The Balaban J connectivity index is 1.71. The summed E-state index contributed by atoms with van der Waals surface area (Å²) < 4.78 is 21.6. The summed E-state index contributed by atoms with van der Waals surface area (Å²) in [7, 11) is 3.17. The summed E-state index contributed by atoms with van der Waals surface area (Å²) in [5, 5.41) is 4.04. The molecule has 0 radical (unpaired) electrons. The lowest BCUT2D eigenvalue weighted by Gasteiger charge is -2.35. The molecule has 1 aliphatic heterocycles. The lowest BCUT2D eigenvalue weighted by Crippen LogP contribution is -2.48. The number of methoxy groups -OCH3 is 2. The van der Waals surface area contributed by atoms with E-state index in [1.165, 1.54) is 0 Å². The molecule has 2 unspecified atom stereocenters. The van der Waals surface area contributed by atoms with E-state index in [1.54, 1.807) is 26.4 Å². The molecule has 2 aromatic rings. The zero-order chi connectivity index (χ0) is 18.7. The molecule has 0 saturated carbocycles. The number of morpholine rings is 1. The van der Waals surface area contributed by atoms with Crippen molar-refractivity contribution in [2.24, 2.45) is 0 Å². The molecule has 1 aliphatic rings. The Morgan fingerprint density at radius 1 is 1.15 bits per heavy atom. The smallest absolute Gasteiger partial charge is 0.228 e. The third-order valence-corrected chi connectivity index (χ3v) is 4.33. The van der Waals surface area contributed by atoms with E-state index in [0.717, 1.165) is 5.56 Å². The highest BCUT2D eigenvalue weighted by Crippen LogP contribution is 2.32. The van der Waals surface area contributed by atoms with Crippen LogP contribution in [-0.2, 0) is 16.0 Å². The minimum Gasteiger partial charge on any atom is -0.493 e. The number of hydrogen-bond acceptors (Lipinski definition) is 6. The monoisotopic (exact) mass is 360 g/mol. The van der Waals surface area contributed by atoms with Crippen LogP contribution in [0.2, 0.25) is 0 Å². The van der Waals surface area contributed by atoms with Crippen LogP contribution >= 0.6 is 0 Å². The Morgan fingerprint density at radius 2 is 1.85 bits per heavy atom. The van der Waals surface area contributed by atoms with Crippen molar-refractivity contribution in [2.75, 3.05) is 27.3 Å². The average molecular weight is 360 g/mol. The fraction of sp³-hybridized carbons (Fsp3) is 0.474. The fourth-order valence-corrected chi connectivity index (χ4v) is 3.17. The number of hydrogen-bond donors (Lipinski definition) is 0. The second-order valence-corrected chi connectivity index (χ2v) is 6.49. The minimum atomic E-state index is 0.0270. The van der Waals surface area contributed by atoms with Gasteiger partial charge in [0.25, 0.3) is 0 Å². The number of carbonyl (C=O) groups excluding carboxylic acids is 1. The van der Waals surface area contributed by atoms with Gasteiger partial charge in [-0.25, -0.2) is 0 Å². The second kappa shape index (κ2) is 7.78. The molecule has 140 valence electrons. The summed E-state index contributed by atoms with van der Waals surface area (Å²) >= 11 is 0. The number of nitrogens with zero attached hydrogens (tertiary/aromatic N) is 2. The van der Waals surface area contributed by atoms with Crippen molar-refractivity contribution < 1.29 is 23.5 Å². The van der Waals surface area contributed by atoms with Crippen molar-refractivity contribution in [3.05, 3.63) is 30.0 Å². The first-order valence-electron chi connectivity index (χ1n) is 8.61. The molecular formula is C19H24N2O5. The third-order valence-electron chi connectivity index (χ3n) is 4.33. The third kappa shape index (κ3) is 3.99. The predicted molar refractivity (Wildman–Crippen MR) is 95.3 cm³/mol. The van der Waals surface area contributed by atoms with Gasteiger partial charge in [-0.3, -0.25) is 4.79 Å². The van der Waals surface area contributed by atoms with Gasteiger partial charge in [0.15, 0.2) is 17.3 Å². The highest BCUT2D eigenvalue weighted by Gasteiger charge is 2.26. The molecule has 7 heteroatoms. The average Bonchev–Trinajstić information content (AvgIpc) is 3.08. The van der Waals surface area contributed by atoms with Gasteiger partial charge in [0.1, 0.15) is 0 Å². The molecule has 0 N–H and O–H groups in total. The van der Waals surface area contributed by atoms with Gasteiger partial charge in [-0.2, -0.15) is 0 Å². The fourth-order valence-electron chi connectivity index (χ4n) is 3.17. The summed E-state index contributed by atoms with van der Waals surface area (Å²) in [4.78, 5) is 14.4. The van der Waals surface area contributed by atoms with E-state index in [4.69, 9.17) is 18.7 Å². The van der Waals surface area contributed by atoms with Gasteiger partial charge in [0.05, 0.1) is 38.5 Å². The van der Waals surface area contributed by atoms with Gasteiger partial charge >= 0.3 is 0 Å². The van der Waals surface area contributed by atoms with Gasteiger partial charge in [0, 0.05) is 24.7 Å². The van der Waals surface area contributed by atoms with Crippen LogP contribution in [0, 0.1) is 0 Å². The molecule has 3 rings (SSSR count). The van der Waals surface area contributed by atoms with E-state index >= 15 is 0 Å². The first-order valence-corrected chi connectivity index (χ1v) is 8.61. The standard InChI is InChI=1S/C19H24N2O5/c1-12-10-21(11-13(2)25-12)19(22)9-15-8-17(26-20-15)14-5-6-16(23-3)18(7-14)24-4/h5-8,12-13H,9-11H2,1-4H3. The van der Waals surface area contributed by atoms with Crippen LogP contribution in [0.4, 0.5) is 0 Å². The van der Waals surface area contributed by atoms with E-state index in [2.05, 4.69) is 5.16 Å². The van der Waals surface area contributed by atoms with Crippen LogP contribution in [0.15, 0.2) is 28.8 Å². The largest absolute Gasteiger partial charge is 0.493 e. The number of amides is 1. The minimum absolute atomic E-state index is 0.0270. The van der Waals surface area contributed by atoms with Crippen LogP contribution in [-0.4, -0.2) is 55.5 Å². The number of rotatable bonds is 5. The van der Waals surface area contributed by atoms with E-state index in [0.29, 0.717) is 36.0 Å². The van der Waals surface area contributed by atoms with E-state index in [9.17, 15) is 4.79 Å². The predicted octanol–water partition coefficient (Wildman–Crippen LogP) is 2.54. The highest BCUT2D eigenvalue weighted by molar-refractivity contribution is 5.79. The van der Waals surface area contributed by atoms with Crippen LogP contribution in [0.5, 0.6) is 11.5 Å².